The third-order valence-corrected chi connectivity index (χ3v) is 2.86. The summed E-state index contributed by atoms with van der Waals surface area (Å²) in [6.07, 6.45) is 2.44. The monoisotopic (exact) mass is 242 g/mol. The molecular formula is C13H10N2O3. The van der Waals surface area contributed by atoms with E-state index in [1.807, 2.05) is 24.3 Å². The molecule has 2 aromatic rings. The number of carbonyl (C=O) groups is 1. The van der Waals surface area contributed by atoms with E-state index in [1.54, 1.807) is 6.20 Å². The van der Waals surface area contributed by atoms with E-state index in [0.29, 0.717) is 5.75 Å². The predicted molar refractivity (Wildman–Crippen MR) is 63.1 cm³/mol. The van der Waals surface area contributed by atoms with E-state index < -0.39 is 12.1 Å². The average molecular weight is 242 g/mol. The Hall–Kier alpha value is -2.43. The third-order valence-electron chi connectivity index (χ3n) is 2.86. The highest BCUT2D eigenvalue weighted by molar-refractivity contribution is 5.74. The lowest BCUT2D eigenvalue weighted by Gasteiger charge is -2.26. The summed E-state index contributed by atoms with van der Waals surface area (Å²) in [7, 11) is 0. The molecular weight excluding hydrogens is 232 g/mol. The number of ether oxygens (including phenoxy) is 1. The first-order valence-corrected chi connectivity index (χ1v) is 5.53. The van der Waals surface area contributed by atoms with Gasteiger partial charge in [-0.25, -0.2) is 9.97 Å². The number of aromatic nitrogens is 2. The molecule has 5 heteroatoms. The molecule has 0 radical (unpaired) electrons. The van der Waals surface area contributed by atoms with E-state index in [2.05, 4.69) is 9.97 Å². The van der Waals surface area contributed by atoms with E-state index >= 15 is 0 Å². The summed E-state index contributed by atoms with van der Waals surface area (Å²) in [4.78, 5) is 19.0. The molecule has 2 heterocycles. The number of rotatable bonds is 2. The standard InChI is InChI=1S/C13H10N2O3/c16-12(17)5-11-9-6-14-7-15-13(9)8-3-1-2-4-10(8)18-11/h1-4,6-7,11H,5H2,(H,16,17). The Morgan fingerprint density at radius 1 is 1.39 bits per heavy atom. The molecule has 3 rings (SSSR count). The van der Waals surface area contributed by atoms with Crippen LogP contribution in [0.1, 0.15) is 18.1 Å². The Morgan fingerprint density at radius 2 is 2.22 bits per heavy atom. The van der Waals surface area contributed by atoms with Crippen LogP contribution >= 0.6 is 0 Å². The van der Waals surface area contributed by atoms with Gasteiger partial charge in [-0.3, -0.25) is 4.79 Å². The van der Waals surface area contributed by atoms with Crippen molar-refractivity contribution in [3.63, 3.8) is 0 Å². The van der Waals surface area contributed by atoms with E-state index in [0.717, 1.165) is 16.8 Å². The topological polar surface area (TPSA) is 72.3 Å². The smallest absolute Gasteiger partial charge is 0.307 e. The zero-order chi connectivity index (χ0) is 12.5. The van der Waals surface area contributed by atoms with Gasteiger partial charge in [0.2, 0.25) is 0 Å². The second-order valence-electron chi connectivity index (χ2n) is 4.03. The minimum Gasteiger partial charge on any atom is -0.484 e. The van der Waals surface area contributed by atoms with E-state index in [-0.39, 0.29) is 6.42 Å². The number of hydrogen-bond donors (Lipinski definition) is 1. The number of carboxylic acids is 1. The third kappa shape index (κ3) is 1.69. The molecule has 1 aromatic carbocycles. The molecule has 18 heavy (non-hydrogen) atoms. The highest BCUT2D eigenvalue weighted by Gasteiger charge is 2.28. The van der Waals surface area contributed by atoms with Gasteiger partial charge in [0.1, 0.15) is 18.2 Å². The fourth-order valence-corrected chi connectivity index (χ4v) is 2.09. The first-order valence-electron chi connectivity index (χ1n) is 5.53. The SMILES string of the molecule is O=C(O)CC1Oc2ccccc2-c2ncncc21. The van der Waals surface area contributed by atoms with Gasteiger partial charge in [-0.05, 0) is 12.1 Å². The van der Waals surface area contributed by atoms with Crippen LogP contribution in [0.15, 0.2) is 36.8 Å². The van der Waals surface area contributed by atoms with Crippen molar-refractivity contribution in [3.8, 4) is 17.0 Å². The fraction of sp³-hybridized carbons (Fsp3) is 0.154. The molecule has 1 N–H and O–H groups in total. The zero-order valence-electron chi connectivity index (χ0n) is 9.41. The van der Waals surface area contributed by atoms with Crippen LogP contribution < -0.4 is 4.74 Å². The van der Waals surface area contributed by atoms with E-state index in [1.165, 1.54) is 6.33 Å². The first-order chi connectivity index (χ1) is 8.75. The highest BCUT2D eigenvalue weighted by Crippen LogP contribution is 2.41. The van der Waals surface area contributed by atoms with Crippen LogP contribution in [-0.2, 0) is 4.79 Å². The maximum Gasteiger partial charge on any atom is 0.307 e. The Morgan fingerprint density at radius 3 is 3.06 bits per heavy atom. The van der Waals surface area contributed by atoms with Crippen molar-refractivity contribution in [2.45, 2.75) is 12.5 Å². The summed E-state index contributed by atoms with van der Waals surface area (Å²) in [6.45, 7) is 0. The van der Waals surface area contributed by atoms with Gasteiger partial charge in [0.25, 0.3) is 0 Å². The maximum absolute atomic E-state index is 10.9. The molecule has 0 saturated heterocycles. The minimum atomic E-state index is -0.908. The van der Waals surface area contributed by atoms with Crippen LogP contribution in [0.25, 0.3) is 11.3 Å². The van der Waals surface area contributed by atoms with Crippen LogP contribution in [0.2, 0.25) is 0 Å². The lowest BCUT2D eigenvalue weighted by Crippen LogP contribution is -2.18. The second kappa shape index (κ2) is 4.10. The van der Waals surface area contributed by atoms with Crippen molar-refractivity contribution in [2.24, 2.45) is 0 Å². The van der Waals surface area contributed by atoms with Crippen LogP contribution in [0, 0.1) is 0 Å². The number of nitrogens with zero attached hydrogens (tertiary/aromatic N) is 2. The summed E-state index contributed by atoms with van der Waals surface area (Å²) in [5.74, 6) is -0.246. The number of hydrogen-bond acceptors (Lipinski definition) is 4. The molecule has 0 saturated carbocycles. The van der Waals surface area contributed by atoms with Gasteiger partial charge >= 0.3 is 5.97 Å². The number of para-hydroxylation sites is 1. The Bertz CT molecular complexity index is 613. The largest absolute Gasteiger partial charge is 0.484 e. The lowest BCUT2D eigenvalue weighted by molar-refractivity contribution is -0.138. The molecule has 90 valence electrons. The van der Waals surface area contributed by atoms with Crippen molar-refractivity contribution < 1.29 is 14.6 Å². The quantitative estimate of drug-likeness (QED) is 0.872. The molecule has 0 bridgehead atoms. The van der Waals surface area contributed by atoms with Crippen molar-refractivity contribution in [1.82, 2.24) is 9.97 Å². The molecule has 0 fully saturated rings. The summed E-state index contributed by atoms with van der Waals surface area (Å²) < 4.78 is 5.71. The maximum atomic E-state index is 10.9. The van der Waals surface area contributed by atoms with Crippen LogP contribution in [0.5, 0.6) is 5.75 Å². The van der Waals surface area contributed by atoms with Crippen molar-refractivity contribution >= 4 is 5.97 Å². The minimum absolute atomic E-state index is 0.102. The van der Waals surface area contributed by atoms with E-state index in [4.69, 9.17) is 9.84 Å². The number of aliphatic carboxylic acids is 1. The molecule has 1 aliphatic heterocycles. The van der Waals surface area contributed by atoms with Gasteiger partial charge in [-0.2, -0.15) is 0 Å². The molecule has 5 nitrogen and oxygen atoms in total. The summed E-state index contributed by atoms with van der Waals surface area (Å²) >= 11 is 0. The molecule has 0 aliphatic carbocycles. The lowest BCUT2D eigenvalue weighted by atomic mass is 9.97. The molecule has 1 unspecified atom stereocenters. The number of fused-ring (bicyclic) bond motifs is 3. The van der Waals surface area contributed by atoms with Gasteiger partial charge in [0.05, 0.1) is 12.1 Å². The zero-order valence-corrected chi connectivity index (χ0v) is 9.41. The summed E-state index contributed by atoms with van der Waals surface area (Å²) in [5, 5.41) is 8.92. The highest BCUT2D eigenvalue weighted by atomic mass is 16.5. The van der Waals surface area contributed by atoms with Gasteiger partial charge < -0.3 is 9.84 Å². The summed E-state index contributed by atoms with van der Waals surface area (Å²) in [5.41, 5.74) is 2.34. The number of carboxylic acid groups (broad SMARTS) is 1. The Labute approximate surface area is 103 Å². The van der Waals surface area contributed by atoms with Crippen LogP contribution in [0.3, 0.4) is 0 Å². The molecule has 1 aliphatic rings. The van der Waals surface area contributed by atoms with Gasteiger partial charge in [-0.15, -0.1) is 0 Å². The second-order valence-corrected chi connectivity index (χ2v) is 4.03. The molecule has 1 atom stereocenters. The van der Waals surface area contributed by atoms with Crippen molar-refractivity contribution in [3.05, 3.63) is 42.4 Å². The summed E-state index contributed by atoms with van der Waals surface area (Å²) in [6, 6.07) is 7.46. The van der Waals surface area contributed by atoms with Gasteiger partial charge in [0, 0.05) is 17.3 Å². The van der Waals surface area contributed by atoms with E-state index in [9.17, 15) is 4.79 Å². The fourth-order valence-electron chi connectivity index (χ4n) is 2.09. The van der Waals surface area contributed by atoms with Crippen LogP contribution in [-0.4, -0.2) is 21.0 Å². The Kier molecular flexibility index (Phi) is 2.44. The normalized spacial score (nSPS) is 16.3. The Balaban J connectivity index is 2.13. The van der Waals surface area contributed by atoms with Gasteiger partial charge in [0.15, 0.2) is 0 Å². The van der Waals surface area contributed by atoms with Crippen molar-refractivity contribution in [2.75, 3.05) is 0 Å². The average Bonchev–Trinajstić information content (AvgIpc) is 2.38. The van der Waals surface area contributed by atoms with Crippen molar-refractivity contribution in [1.29, 1.82) is 0 Å². The van der Waals surface area contributed by atoms with Crippen LogP contribution in [0.4, 0.5) is 0 Å². The first kappa shape index (κ1) is 10.7. The number of benzene rings is 1. The molecule has 0 spiro atoms. The molecule has 1 aromatic heterocycles. The molecule has 0 amide bonds. The van der Waals surface area contributed by atoms with Gasteiger partial charge in [-0.1, -0.05) is 12.1 Å². The predicted octanol–water partition coefficient (Wildman–Crippen LogP) is 2.05.